The van der Waals surface area contributed by atoms with Crippen molar-refractivity contribution in [2.75, 3.05) is 4.90 Å². The van der Waals surface area contributed by atoms with E-state index < -0.39 is 0 Å². The van der Waals surface area contributed by atoms with E-state index in [1.165, 1.54) is 53.2 Å². The highest BCUT2D eigenvalue weighted by Gasteiger charge is 2.21. The summed E-state index contributed by atoms with van der Waals surface area (Å²) in [6.45, 7) is 0. The zero-order valence-corrected chi connectivity index (χ0v) is 30.9. The van der Waals surface area contributed by atoms with E-state index in [9.17, 15) is 0 Å². The van der Waals surface area contributed by atoms with Crippen molar-refractivity contribution in [2.45, 2.75) is 0 Å². The quantitative estimate of drug-likeness (QED) is 0.176. The van der Waals surface area contributed by atoms with Crippen LogP contribution in [0.2, 0.25) is 0 Å². The van der Waals surface area contributed by atoms with Crippen molar-refractivity contribution in [3.05, 3.63) is 188 Å². The Kier molecular flexibility index (Phi) is 6.80. The van der Waals surface area contributed by atoms with Crippen molar-refractivity contribution < 1.29 is 8.83 Å². The molecule has 56 heavy (non-hydrogen) atoms. The molecule has 0 saturated carbocycles. The molecular weight excluding hydrogens is 703 g/mol. The van der Waals surface area contributed by atoms with E-state index >= 15 is 0 Å². The van der Waals surface area contributed by atoms with E-state index in [-0.39, 0.29) is 0 Å². The third-order valence-corrected chi connectivity index (χ3v) is 12.4. The smallest absolute Gasteiger partial charge is 0.137 e. The number of anilines is 3. The highest BCUT2D eigenvalue weighted by Crippen LogP contribution is 2.47. The molecule has 0 radical (unpaired) electrons. The minimum atomic E-state index is 0.858. The van der Waals surface area contributed by atoms with Gasteiger partial charge in [0.25, 0.3) is 0 Å². The van der Waals surface area contributed by atoms with Gasteiger partial charge in [-0.3, -0.25) is 0 Å². The van der Waals surface area contributed by atoms with Crippen LogP contribution in [0.15, 0.2) is 197 Å². The van der Waals surface area contributed by atoms with Gasteiger partial charge < -0.3 is 13.7 Å². The average molecular weight is 734 g/mol. The molecule has 0 aliphatic heterocycles. The van der Waals surface area contributed by atoms with E-state index in [1.54, 1.807) is 0 Å². The minimum Gasteiger partial charge on any atom is -0.456 e. The lowest BCUT2D eigenvalue weighted by Crippen LogP contribution is -2.09. The van der Waals surface area contributed by atoms with E-state index in [4.69, 9.17) is 8.83 Å². The number of hydrogen-bond acceptors (Lipinski definition) is 4. The van der Waals surface area contributed by atoms with Crippen LogP contribution in [0.4, 0.5) is 17.1 Å². The normalized spacial score (nSPS) is 11.9. The van der Waals surface area contributed by atoms with Crippen molar-refractivity contribution in [2.24, 2.45) is 0 Å². The molecule has 3 nitrogen and oxygen atoms in total. The Morgan fingerprint density at radius 2 is 0.946 bits per heavy atom. The molecule has 262 valence electrons. The summed E-state index contributed by atoms with van der Waals surface area (Å²) in [5.74, 6) is 0. The molecule has 0 spiro atoms. The molecule has 12 aromatic rings. The van der Waals surface area contributed by atoms with E-state index in [0.717, 1.165) is 60.9 Å². The van der Waals surface area contributed by atoms with E-state index in [0.29, 0.717) is 0 Å². The van der Waals surface area contributed by atoms with Gasteiger partial charge in [-0.2, -0.15) is 0 Å². The Labute approximate surface area is 325 Å². The SMILES string of the molecule is c1ccc(-c2ccc(N(c3ccc4c(c3)oc3ccccc34)c3ccc4oc5cc(-c6cccc7sc8ccccc8c67)c6ccccc6c5c4c3)cc2)cc1. The topological polar surface area (TPSA) is 29.5 Å². The molecule has 0 aliphatic rings. The summed E-state index contributed by atoms with van der Waals surface area (Å²) in [6, 6.07) is 67.1. The highest BCUT2D eigenvalue weighted by molar-refractivity contribution is 7.25. The Bertz CT molecular complexity index is 3480. The summed E-state index contributed by atoms with van der Waals surface area (Å²) >= 11 is 1.85. The fourth-order valence-corrected chi connectivity index (χ4v) is 9.86. The first-order chi connectivity index (χ1) is 27.7. The van der Waals surface area contributed by atoms with Crippen LogP contribution in [0.25, 0.3) is 97.1 Å². The number of nitrogens with zero attached hydrogens (tertiary/aromatic N) is 1. The lowest BCUT2D eigenvalue weighted by atomic mass is 9.92. The second-order valence-electron chi connectivity index (χ2n) is 14.4. The molecule has 0 unspecified atom stereocenters. The zero-order chi connectivity index (χ0) is 36.7. The zero-order valence-electron chi connectivity index (χ0n) is 30.1. The van der Waals surface area contributed by atoms with Gasteiger partial charge in [-0.25, -0.2) is 0 Å². The summed E-state index contributed by atoms with van der Waals surface area (Å²) in [5.41, 5.74) is 11.4. The van der Waals surface area contributed by atoms with Crippen LogP contribution < -0.4 is 4.90 Å². The van der Waals surface area contributed by atoms with Crippen LogP contribution in [0, 0.1) is 0 Å². The summed E-state index contributed by atoms with van der Waals surface area (Å²) in [7, 11) is 0. The first kappa shape index (κ1) is 31.2. The van der Waals surface area contributed by atoms with Gasteiger partial charge in [-0.1, -0.05) is 115 Å². The van der Waals surface area contributed by atoms with Crippen LogP contribution in [-0.2, 0) is 0 Å². The second kappa shape index (κ2) is 12.2. The predicted molar refractivity (Wildman–Crippen MR) is 237 cm³/mol. The molecule has 3 aromatic heterocycles. The summed E-state index contributed by atoms with van der Waals surface area (Å²) < 4.78 is 15.8. The fraction of sp³-hybridized carbons (Fsp3) is 0. The fourth-order valence-electron chi connectivity index (χ4n) is 8.72. The lowest BCUT2D eigenvalue weighted by molar-refractivity contribution is 0.668. The van der Waals surface area contributed by atoms with Crippen molar-refractivity contribution >= 4 is 103 Å². The number of rotatable bonds is 5. The molecule has 12 rings (SSSR count). The second-order valence-corrected chi connectivity index (χ2v) is 15.5. The van der Waals surface area contributed by atoms with Gasteiger partial charge in [0.15, 0.2) is 0 Å². The van der Waals surface area contributed by atoms with Crippen molar-refractivity contribution in [1.29, 1.82) is 0 Å². The number of fused-ring (bicyclic) bond motifs is 11. The molecular formula is C52H31NO2S. The average Bonchev–Trinajstić information content (AvgIpc) is 3.95. The van der Waals surface area contributed by atoms with Gasteiger partial charge in [0, 0.05) is 64.8 Å². The Morgan fingerprint density at radius 1 is 0.321 bits per heavy atom. The molecule has 9 aromatic carbocycles. The molecule has 4 heteroatoms. The molecule has 3 heterocycles. The Balaban J connectivity index is 1.07. The van der Waals surface area contributed by atoms with Gasteiger partial charge in [-0.05, 0) is 99.8 Å². The highest BCUT2D eigenvalue weighted by atomic mass is 32.1. The third kappa shape index (κ3) is 4.76. The van der Waals surface area contributed by atoms with Crippen molar-refractivity contribution in [3.8, 4) is 22.3 Å². The molecule has 0 fully saturated rings. The van der Waals surface area contributed by atoms with Crippen LogP contribution in [0.1, 0.15) is 0 Å². The molecule has 0 aliphatic carbocycles. The van der Waals surface area contributed by atoms with Gasteiger partial charge >= 0.3 is 0 Å². The summed E-state index contributed by atoms with van der Waals surface area (Å²) in [5, 5.41) is 9.40. The number of furan rings is 2. The van der Waals surface area contributed by atoms with Gasteiger partial charge in [0.1, 0.15) is 22.3 Å². The first-order valence-electron chi connectivity index (χ1n) is 18.9. The molecule has 0 N–H and O–H groups in total. The number of thiophene rings is 1. The number of hydrogen-bond donors (Lipinski definition) is 0. The molecule has 0 saturated heterocycles. The van der Waals surface area contributed by atoms with Crippen molar-refractivity contribution in [1.82, 2.24) is 0 Å². The molecule has 0 amide bonds. The first-order valence-corrected chi connectivity index (χ1v) is 19.7. The maximum Gasteiger partial charge on any atom is 0.137 e. The minimum absolute atomic E-state index is 0.858. The van der Waals surface area contributed by atoms with Crippen LogP contribution in [0.3, 0.4) is 0 Å². The van der Waals surface area contributed by atoms with Crippen LogP contribution in [0.5, 0.6) is 0 Å². The summed E-state index contributed by atoms with van der Waals surface area (Å²) in [6.07, 6.45) is 0. The largest absolute Gasteiger partial charge is 0.456 e. The van der Waals surface area contributed by atoms with Crippen molar-refractivity contribution in [3.63, 3.8) is 0 Å². The molecule has 0 atom stereocenters. The maximum atomic E-state index is 6.78. The van der Waals surface area contributed by atoms with E-state index in [2.05, 4.69) is 181 Å². The monoisotopic (exact) mass is 733 g/mol. The van der Waals surface area contributed by atoms with E-state index in [1.807, 2.05) is 23.5 Å². The van der Waals surface area contributed by atoms with Crippen LogP contribution in [-0.4, -0.2) is 0 Å². The summed E-state index contributed by atoms with van der Waals surface area (Å²) in [4.78, 5) is 2.32. The predicted octanol–water partition coefficient (Wildman–Crippen LogP) is 15.8. The maximum absolute atomic E-state index is 6.78. The van der Waals surface area contributed by atoms with Gasteiger partial charge in [0.2, 0.25) is 0 Å². The lowest BCUT2D eigenvalue weighted by Gasteiger charge is -2.26. The standard InChI is InChI=1S/C52H31NO2S/c1-2-11-32(12-3-1)33-21-23-34(24-22-33)53(36-25-27-39-38-14-6-8-18-45(38)54-47(39)30-36)35-26-28-46-44(29-35)51-40-15-5-4-13-37(40)43(31-48(51)55-46)41-17-10-20-50-52(41)42-16-7-9-19-49(42)56-50/h1-31H. The number of benzene rings is 9. The number of para-hydroxylation sites is 1. The molecule has 0 bridgehead atoms. The Morgan fingerprint density at radius 3 is 1.82 bits per heavy atom. The third-order valence-electron chi connectivity index (χ3n) is 11.3. The Hall–Kier alpha value is -7.14. The van der Waals surface area contributed by atoms with Gasteiger partial charge in [-0.15, -0.1) is 11.3 Å². The van der Waals surface area contributed by atoms with Crippen LogP contribution >= 0.6 is 11.3 Å². The van der Waals surface area contributed by atoms with Gasteiger partial charge in [0.05, 0.1) is 0 Å².